The molecule has 106 valence electrons. The number of aromatic nitrogens is 1. The zero-order valence-electron chi connectivity index (χ0n) is 11.9. The number of hydrogen-bond acceptors (Lipinski definition) is 2. The SMILES string of the molecule is CC(C)CN1Cc2[nH]c3ccccc3c2C[C@@H]1C(=O)O. The van der Waals surface area contributed by atoms with Gasteiger partial charge >= 0.3 is 5.97 Å². The van der Waals surface area contributed by atoms with Gasteiger partial charge in [0.2, 0.25) is 0 Å². The van der Waals surface area contributed by atoms with Crippen molar-refractivity contribution in [2.75, 3.05) is 6.54 Å². The molecule has 0 spiro atoms. The van der Waals surface area contributed by atoms with Crippen molar-refractivity contribution in [2.45, 2.75) is 32.9 Å². The molecule has 0 bridgehead atoms. The number of nitrogens with zero attached hydrogens (tertiary/aromatic N) is 1. The Morgan fingerprint density at radius 3 is 2.90 bits per heavy atom. The molecule has 1 aromatic heterocycles. The molecule has 1 aliphatic heterocycles. The molecule has 2 heterocycles. The van der Waals surface area contributed by atoms with Gasteiger partial charge in [-0.3, -0.25) is 9.69 Å². The normalized spacial score (nSPS) is 19.4. The Morgan fingerprint density at radius 2 is 2.20 bits per heavy atom. The molecular formula is C16H20N2O2. The van der Waals surface area contributed by atoms with Crippen LogP contribution in [0.5, 0.6) is 0 Å². The lowest BCUT2D eigenvalue weighted by Gasteiger charge is -2.34. The summed E-state index contributed by atoms with van der Waals surface area (Å²) in [7, 11) is 0. The van der Waals surface area contributed by atoms with Crippen LogP contribution >= 0.6 is 0 Å². The molecule has 1 atom stereocenters. The Morgan fingerprint density at radius 1 is 1.45 bits per heavy atom. The standard InChI is InChI=1S/C16H20N2O2/c1-10(2)8-18-9-14-12(7-15(18)16(19)20)11-5-3-4-6-13(11)17-14/h3-6,10,15,17H,7-9H2,1-2H3,(H,19,20)/t15-/m1/s1. The highest BCUT2D eigenvalue weighted by atomic mass is 16.4. The van der Waals surface area contributed by atoms with Crippen LogP contribution in [0.25, 0.3) is 10.9 Å². The molecule has 0 saturated carbocycles. The molecule has 4 heteroatoms. The van der Waals surface area contributed by atoms with E-state index >= 15 is 0 Å². The fourth-order valence-electron chi connectivity index (χ4n) is 3.16. The molecule has 2 N–H and O–H groups in total. The van der Waals surface area contributed by atoms with Crippen molar-refractivity contribution in [3.8, 4) is 0 Å². The Balaban J connectivity index is 2.02. The van der Waals surface area contributed by atoms with E-state index in [1.54, 1.807) is 0 Å². The molecule has 0 fully saturated rings. The highest BCUT2D eigenvalue weighted by Gasteiger charge is 2.33. The third-order valence-electron chi connectivity index (χ3n) is 3.99. The van der Waals surface area contributed by atoms with Crippen LogP contribution in [0.1, 0.15) is 25.1 Å². The third-order valence-corrected chi connectivity index (χ3v) is 3.99. The van der Waals surface area contributed by atoms with Gasteiger partial charge in [0.1, 0.15) is 6.04 Å². The number of hydrogen-bond donors (Lipinski definition) is 2. The first kappa shape index (κ1) is 13.2. The zero-order valence-corrected chi connectivity index (χ0v) is 11.9. The fourth-order valence-corrected chi connectivity index (χ4v) is 3.16. The molecule has 2 aromatic rings. The summed E-state index contributed by atoms with van der Waals surface area (Å²) >= 11 is 0. The predicted octanol–water partition coefficient (Wildman–Crippen LogP) is 2.64. The lowest BCUT2D eigenvalue weighted by atomic mass is 9.96. The number of fused-ring (bicyclic) bond motifs is 3. The number of aliphatic carboxylic acids is 1. The average molecular weight is 272 g/mol. The number of rotatable bonds is 3. The second kappa shape index (κ2) is 4.94. The van der Waals surface area contributed by atoms with E-state index in [-0.39, 0.29) is 0 Å². The van der Waals surface area contributed by atoms with Gasteiger partial charge < -0.3 is 10.1 Å². The number of carboxylic acids is 1. The molecular weight excluding hydrogens is 252 g/mol. The van der Waals surface area contributed by atoms with Gasteiger partial charge in [0, 0.05) is 36.1 Å². The molecule has 3 rings (SSSR count). The van der Waals surface area contributed by atoms with Crippen LogP contribution in [0.4, 0.5) is 0 Å². The Bertz CT molecular complexity index is 645. The van der Waals surface area contributed by atoms with E-state index in [1.165, 1.54) is 11.3 Å². The summed E-state index contributed by atoms with van der Waals surface area (Å²) in [6.45, 7) is 5.75. The monoisotopic (exact) mass is 272 g/mol. The maximum absolute atomic E-state index is 11.6. The minimum atomic E-state index is -0.721. The average Bonchev–Trinajstić information content (AvgIpc) is 2.74. The lowest BCUT2D eigenvalue weighted by Crippen LogP contribution is -2.46. The van der Waals surface area contributed by atoms with E-state index in [0.29, 0.717) is 18.9 Å². The number of H-pyrrole nitrogens is 1. The van der Waals surface area contributed by atoms with Gasteiger partial charge in [-0.1, -0.05) is 32.0 Å². The van der Waals surface area contributed by atoms with Crippen LogP contribution in [-0.4, -0.2) is 33.5 Å². The molecule has 1 aromatic carbocycles. The number of carbonyl (C=O) groups is 1. The van der Waals surface area contributed by atoms with Gasteiger partial charge in [-0.15, -0.1) is 0 Å². The van der Waals surface area contributed by atoms with Crippen LogP contribution in [0.3, 0.4) is 0 Å². The Kier molecular flexibility index (Phi) is 3.26. The summed E-state index contributed by atoms with van der Waals surface area (Å²) < 4.78 is 0. The first-order chi connectivity index (χ1) is 9.56. The van der Waals surface area contributed by atoms with Crippen LogP contribution < -0.4 is 0 Å². The largest absolute Gasteiger partial charge is 0.480 e. The number of carboxylic acid groups (broad SMARTS) is 1. The van der Waals surface area contributed by atoms with Gasteiger partial charge in [-0.25, -0.2) is 0 Å². The van der Waals surface area contributed by atoms with E-state index in [1.807, 2.05) is 12.1 Å². The highest BCUT2D eigenvalue weighted by Crippen LogP contribution is 2.30. The lowest BCUT2D eigenvalue weighted by molar-refractivity contribution is -0.144. The van der Waals surface area contributed by atoms with E-state index in [9.17, 15) is 9.90 Å². The first-order valence-corrected chi connectivity index (χ1v) is 7.11. The van der Waals surface area contributed by atoms with Crippen LogP contribution in [0.2, 0.25) is 0 Å². The molecule has 0 unspecified atom stereocenters. The maximum Gasteiger partial charge on any atom is 0.321 e. The van der Waals surface area contributed by atoms with Crippen LogP contribution in [0.15, 0.2) is 24.3 Å². The van der Waals surface area contributed by atoms with Crippen molar-refractivity contribution >= 4 is 16.9 Å². The predicted molar refractivity (Wildman–Crippen MR) is 78.7 cm³/mol. The number of para-hydroxylation sites is 1. The molecule has 20 heavy (non-hydrogen) atoms. The second-order valence-corrected chi connectivity index (χ2v) is 6.01. The minimum absolute atomic E-state index is 0.413. The first-order valence-electron chi connectivity index (χ1n) is 7.11. The van der Waals surface area contributed by atoms with Gasteiger partial charge in [-0.05, 0) is 17.5 Å². The van der Waals surface area contributed by atoms with E-state index in [2.05, 4.69) is 35.9 Å². The van der Waals surface area contributed by atoms with Crippen molar-refractivity contribution in [3.63, 3.8) is 0 Å². The Hall–Kier alpha value is -1.81. The van der Waals surface area contributed by atoms with Gasteiger partial charge in [-0.2, -0.15) is 0 Å². The summed E-state index contributed by atoms with van der Waals surface area (Å²) in [5, 5.41) is 10.7. The van der Waals surface area contributed by atoms with Gasteiger partial charge in [0.15, 0.2) is 0 Å². The number of benzene rings is 1. The molecule has 4 nitrogen and oxygen atoms in total. The van der Waals surface area contributed by atoms with Crippen molar-refractivity contribution in [2.24, 2.45) is 5.92 Å². The molecule has 0 saturated heterocycles. The molecule has 1 aliphatic rings. The molecule has 0 amide bonds. The number of nitrogens with one attached hydrogen (secondary N) is 1. The van der Waals surface area contributed by atoms with Crippen molar-refractivity contribution in [3.05, 3.63) is 35.5 Å². The molecule has 0 radical (unpaired) electrons. The smallest absolute Gasteiger partial charge is 0.321 e. The van der Waals surface area contributed by atoms with Crippen molar-refractivity contribution in [1.29, 1.82) is 0 Å². The van der Waals surface area contributed by atoms with Crippen LogP contribution in [-0.2, 0) is 17.8 Å². The van der Waals surface area contributed by atoms with Gasteiger partial charge in [0.25, 0.3) is 0 Å². The summed E-state index contributed by atoms with van der Waals surface area (Å²) in [6.07, 6.45) is 0.585. The van der Waals surface area contributed by atoms with E-state index in [0.717, 1.165) is 17.4 Å². The summed E-state index contributed by atoms with van der Waals surface area (Å²) in [4.78, 5) is 17.1. The summed E-state index contributed by atoms with van der Waals surface area (Å²) in [5.74, 6) is -0.260. The fraction of sp³-hybridized carbons (Fsp3) is 0.438. The van der Waals surface area contributed by atoms with Crippen LogP contribution in [0, 0.1) is 5.92 Å². The second-order valence-electron chi connectivity index (χ2n) is 6.01. The quantitative estimate of drug-likeness (QED) is 0.903. The minimum Gasteiger partial charge on any atom is -0.480 e. The van der Waals surface area contributed by atoms with Crippen molar-refractivity contribution in [1.82, 2.24) is 9.88 Å². The third kappa shape index (κ3) is 2.20. The summed E-state index contributed by atoms with van der Waals surface area (Å²) in [5.41, 5.74) is 3.45. The van der Waals surface area contributed by atoms with E-state index < -0.39 is 12.0 Å². The topological polar surface area (TPSA) is 56.3 Å². The maximum atomic E-state index is 11.6. The zero-order chi connectivity index (χ0) is 14.3. The number of aromatic amines is 1. The summed E-state index contributed by atoms with van der Waals surface area (Å²) in [6, 6.07) is 7.72. The van der Waals surface area contributed by atoms with Crippen molar-refractivity contribution < 1.29 is 9.90 Å². The highest BCUT2D eigenvalue weighted by molar-refractivity contribution is 5.86. The Labute approximate surface area is 118 Å². The van der Waals surface area contributed by atoms with Gasteiger partial charge in [0.05, 0.1) is 0 Å². The molecule has 0 aliphatic carbocycles. The van der Waals surface area contributed by atoms with E-state index in [4.69, 9.17) is 0 Å².